The third-order valence-corrected chi connectivity index (χ3v) is 19.4. The van der Waals surface area contributed by atoms with Crippen molar-refractivity contribution in [1.82, 2.24) is 0 Å². The SMILES string of the molecule is COCCOCCOCCOCCC1(C)\C(=C/C=C/C=C/C=C/C2=[N+](CCOCCOCCOC)c3ccc4c(S(=O)(=O)O)cc(S(=O)(=O)O)cc4c3C2(C)CCCS(=O)(=O)O)N(CCCCCC(=O)O)c2ccc3c(S(=O)(=O)[O-])cc(S(=O)(=O)O)cc3c21. The summed E-state index contributed by atoms with van der Waals surface area (Å²) in [5, 5.41) is 9.20. The standard InChI is InChI=1S/C58H76N2O24S5/c1-57(21-13-37-85(63,64)65)52(60(24-26-81-32-34-82-29-27-78-3)49-20-18-44-46(55(49)57)38-42(86(66,67)68)40-50(44)88(72,73)74)14-9-6-5-7-10-15-53-58(2,22-25-80-31-33-84-36-35-83-30-28-79-4)56-47-39-43(87(69,70)71)41-51(89(75,76)77)45(47)17-19-48(56)59(53)23-12-8-11-16-54(61)62/h5-7,9-10,14-15,17-20,38-41H,8,11-13,16,21-37H2,1-4H3,(H5-,61,62,63,64,65,66,67,68,69,70,71,72,73,74,75,76,77). The molecular weight excluding hydrogens is 1270 g/mol. The number of hydrogen-bond donors (Lipinski definition) is 5. The molecule has 0 aromatic heterocycles. The second kappa shape index (κ2) is 31.7. The van der Waals surface area contributed by atoms with Crippen LogP contribution in [-0.4, -0.2) is 199 Å². The lowest BCUT2D eigenvalue weighted by Crippen LogP contribution is -2.33. The van der Waals surface area contributed by atoms with E-state index in [0.29, 0.717) is 98.3 Å². The highest BCUT2D eigenvalue weighted by Gasteiger charge is 2.49. The van der Waals surface area contributed by atoms with Gasteiger partial charge in [-0.05, 0) is 110 Å². The van der Waals surface area contributed by atoms with Gasteiger partial charge in [-0.2, -0.15) is 38.2 Å². The van der Waals surface area contributed by atoms with Gasteiger partial charge in [-0.15, -0.1) is 0 Å². The summed E-state index contributed by atoms with van der Waals surface area (Å²) < 4.78 is 221. The van der Waals surface area contributed by atoms with Crippen LogP contribution in [0.15, 0.2) is 116 Å². The van der Waals surface area contributed by atoms with Crippen LogP contribution >= 0.6 is 0 Å². The normalized spacial score (nSPS) is 18.1. The number of rotatable bonds is 39. The maximum atomic E-state index is 12.9. The molecule has 0 radical (unpaired) electrons. The van der Waals surface area contributed by atoms with E-state index < -0.39 is 92.7 Å². The Bertz CT molecular complexity index is 3940. The Morgan fingerprint density at radius 3 is 1.63 bits per heavy atom. The van der Waals surface area contributed by atoms with Crippen LogP contribution in [0.4, 0.5) is 11.4 Å². The van der Waals surface area contributed by atoms with Crippen molar-refractivity contribution in [2.75, 3.05) is 117 Å². The molecule has 0 fully saturated rings. The Hall–Kier alpha value is -5.43. The quantitative estimate of drug-likeness (QED) is 0.0139. The molecule has 2 heterocycles. The van der Waals surface area contributed by atoms with E-state index in [-0.39, 0.29) is 107 Å². The topological polar surface area (TPSA) is 383 Å². The number of carboxylic acids is 1. The van der Waals surface area contributed by atoms with Crippen LogP contribution in [0.2, 0.25) is 0 Å². The number of unbranched alkanes of at least 4 members (excludes halogenated alkanes) is 2. The first-order chi connectivity index (χ1) is 41.9. The van der Waals surface area contributed by atoms with E-state index in [2.05, 4.69) is 0 Å². The fourth-order valence-electron chi connectivity index (χ4n) is 11.1. The Balaban J connectivity index is 1.45. The maximum absolute atomic E-state index is 12.9. The Morgan fingerprint density at radius 2 is 1.08 bits per heavy atom. The van der Waals surface area contributed by atoms with Crippen molar-refractivity contribution >= 4 is 95.2 Å². The molecule has 0 bridgehead atoms. The predicted molar refractivity (Wildman–Crippen MR) is 327 cm³/mol. The third-order valence-electron chi connectivity index (χ3n) is 15.1. The number of carbonyl (C=O) groups is 1. The van der Waals surface area contributed by atoms with Crippen molar-refractivity contribution in [3.8, 4) is 0 Å². The summed E-state index contributed by atoms with van der Waals surface area (Å²) >= 11 is 0. The molecule has 0 saturated carbocycles. The van der Waals surface area contributed by atoms with Gasteiger partial charge in [0.05, 0.1) is 91.9 Å². The summed E-state index contributed by atoms with van der Waals surface area (Å²) in [7, 11) is -22.1. The van der Waals surface area contributed by atoms with E-state index in [1.165, 1.54) is 19.2 Å². The van der Waals surface area contributed by atoms with E-state index in [0.717, 1.165) is 12.1 Å². The zero-order valence-corrected chi connectivity index (χ0v) is 53.7. The highest BCUT2D eigenvalue weighted by molar-refractivity contribution is 7.87. The van der Waals surface area contributed by atoms with Gasteiger partial charge >= 0.3 is 5.97 Å². The number of anilines is 1. The van der Waals surface area contributed by atoms with Crippen molar-refractivity contribution in [3.63, 3.8) is 0 Å². The summed E-state index contributed by atoms with van der Waals surface area (Å²) in [6, 6.07) is 9.33. The van der Waals surface area contributed by atoms with Crippen LogP contribution in [0, 0.1) is 0 Å². The van der Waals surface area contributed by atoms with Crippen LogP contribution in [0.1, 0.15) is 69.9 Å². The first kappa shape index (κ1) is 72.6. The number of aliphatic carboxylic acids is 1. The maximum Gasteiger partial charge on any atom is 0.303 e. The summed E-state index contributed by atoms with van der Waals surface area (Å²) in [5.74, 6) is -1.66. The lowest BCUT2D eigenvalue weighted by Gasteiger charge is -2.31. The van der Waals surface area contributed by atoms with Gasteiger partial charge in [0, 0.05) is 73.7 Å². The molecular formula is C58H76N2O24S5. The largest absolute Gasteiger partial charge is 0.744 e. The van der Waals surface area contributed by atoms with E-state index in [1.54, 1.807) is 68.7 Å². The van der Waals surface area contributed by atoms with Gasteiger partial charge in [-0.3, -0.25) is 23.0 Å². The molecule has 89 heavy (non-hydrogen) atoms. The Kier molecular flexibility index (Phi) is 25.9. The number of ether oxygens (including phenoxy) is 7. The molecule has 26 nitrogen and oxygen atoms in total. The van der Waals surface area contributed by atoms with Gasteiger partial charge in [0.25, 0.3) is 40.5 Å². The van der Waals surface area contributed by atoms with Gasteiger partial charge in [-0.1, -0.05) is 42.9 Å². The molecule has 4 aromatic carbocycles. The minimum Gasteiger partial charge on any atom is -0.744 e. The molecule has 2 aliphatic heterocycles. The molecule has 0 spiro atoms. The Labute approximate surface area is 519 Å². The average molecular weight is 1350 g/mol. The van der Waals surface area contributed by atoms with Gasteiger partial charge in [0.2, 0.25) is 5.69 Å². The minimum absolute atomic E-state index is 0.0127. The van der Waals surface area contributed by atoms with Crippen LogP contribution in [-0.2, 0) is 99.4 Å². The number of nitrogens with zero attached hydrogens (tertiary/aromatic N) is 2. The van der Waals surface area contributed by atoms with Crippen LogP contribution in [0.25, 0.3) is 21.5 Å². The molecule has 0 amide bonds. The minimum atomic E-state index is -5.34. The number of methoxy groups -OCH3 is 2. The molecule has 0 saturated heterocycles. The van der Waals surface area contributed by atoms with Gasteiger partial charge in [0.1, 0.15) is 21.6 Å². The number of hydrogen-bond acceptors (Lipinski definition) is 20. The highest BCUT2D eigenvalue weighted by Crippen LogP contribution is 2.54. The van der Waals surface area contributed by atoms with Gasteiger partial charge < -0.3 is 47.7 Å². The fourth-order valence-corrected chi connectivity index (χ4v) is 14.3. The summed E-state index contributed by atoms with van der Waals surface area (Å²) in [6.45, 7) is 6.94. The molecule has 5 N–H and O–H groups in total. The molecule has 2 aliphatic rings. The first-order valence-electron chi connectivity index (χ1n) is 28.2. The molecule has 6 rings (SSSR count). The lowest BCUT2D eigenvalue weighted by atomic mass is 9.74. The van der Waals surface area contributed by atoms with Gasteiger partial charge in [-0.25, -0.2) is 8.42 Å². The van der Waals surface area contributed by atoms with E-state index in [1.807, 2.05) is 16.4 Å². The van der Waals surface area contributed by atoms with Crippen molar-refractivity contribution in [1.29, 1.82) is 0 Å². The van der Waals surface area contributed by atoms with Crippen molar-refractivity contribution in [2.45, 2.75) is 89.2 Å². The van der Waals surface area contributed by atoms with E-state index in [9.17, 15) is 74.8 Å². The van der Waals surface area contributed by atoms with Crippen LogP contribution in [0.3, 0.4) is 0 Å². The van der Waals surface area contributed by atoms with E-state index in [4.69, 9.17) is 33.2 Å². The summed E-state index contributed by atoms with van der Waals surface area (Å²) in [4.78, 5) is 10.0. The molecule has 0 aliphatic carbocycles. The monoisotopic (exact) mass is 1340 g/mol. The van der Waals surface area contributed by atoms with E-state index >= 15 is 0 Å². The first-order valence-corrected chi connectivity index (χ1v) is 35.5. The molecule has 4 aromatic rings. The summed E-state index contributed by atoms with van der Waals surface area (Å²) in [6.07, 6.45) is 13.0. The molecule has 492 valence electrons. The lowest BCUT2D eigenvalue weighted by molar-refractivity contribution is -0.442. The van der Waals surface area contributed by atoms with Crippen LogP contribution in [0.5, 0.6) is 0 Å². The zero-order chi connectivity index (χ0) is 65.4. The van der Waals surface area contributed by atoms with Crippen molar-refractivity contribution in [2.24, 2.45) is 0 Å². The van der Waals surface area contributed by atoms with Crippen LogP contribution < -0.4 is 4.90 Å². The molecule has 2 atom stereocenters. The smallest absolute Gasteiger partial charge is 0.303 e. The zero-order valence-electron chi connectivity index (χ0n) is 49.6. The van der Waals surface area contributed by atoms with Crippen molar-refractivity contribution in [3.05, 3.63) is 108 Å². The molecule has 2 unspecified atom stereocenters. The highest BCUT2D eigenvalue weighted by atomic mass is 32.2. The van der Waals surface area contributed by atoms with Gasteiger partial charge in [0.15, 0.2) is 12.3 Å². The molecule has 31 heteroatoms. The average Bonchev–Trinajstić information content (AvgIpc) is 1.63. The van der Waals surface area contributed by atoms with Crippen molar-refractivity contribution < 1.29 is 112 Å². The number of benzene rings is 4. The fraction of sp³-hybridized carbons (Fsp3) is 0.483. The second-order valence-electron chi connectivity index (χ2n) is 21.3. The summed E-state index contributed by atoms with van der Waals surface area (Å²) in [5.41, 5.74) is 0.245. The number of carboxylic acid groups (broad SMARTS) is 1. The Morgan fingerprint density at radius 1 is 0.562 bits per heavy atom. The third kappa shape index (κ3) is 19.3. The predicted octanol–water partition coefficient (Wildman–Crippen LogP) is 6.40. The number of allylic oxidation sites excluding steroid dienone is 8. The number of fused-ring (bicyclic) bond motifs is 6. The second-order valence-corrected chi connectivity index (χ2v) is 28.4.